The van der Waals surface area contributed by atoms with E-state index in [9.17, 15) is 0 Å². The van der Waals surface area contributed by atoms with E-state index in [1.54, 1.807) is 0 Å². The molecule has 47 valence electrons. The molecule has 0 fully saturated rings. The standard InChI is InChI=1S/C6H15BN/c1-4-5-6(7-2)8-3/h6,8H,4-5H2,1-3H3. The molecule has 0 aromatic carbocycles. The van der Waals surface area contributed by atoms with Crippen molar-refractivity contribution in [2.75, 3.05) is 7.05 Å². The summed E-state index contributed by atoms with van der Waals surface area (Å²) >= 11 is 0. The zero-order valence-electron chi connectivity index (χ0n) is 6.07. The van der Waals surface area contributed by atoms with Gasteiger partial charge in [0.05, 0.1) is 0 Å². The van der Waals surface area contributed by atoms with Gasteiger partial charge in [0, 0.05) is 0 Å². The molecular formula is C6H15BN. The van der Waals surface area contributed by atoms with Crippen LogP contribution in [0.25, 0.3) is 0 Å². The van der Waals surface area contributed by atoms with Gasteiger partial charge < -0.3 is 5.32 Å². The van der Waals surface area contributed by atoms with Crippen molar-refractivity contribution in [1.29, 1.82) is 0 Å². The third-order valence-electron chi connectivity index (χ3n) is 1.37. The molecule has 2 heteroatoms. The molecule has 0 saturated heterocycles. The van der Waals surface area contributed by atoms with Crippen molar-refractivity contribution in [2.45, 2.75) is 32.5 Å². The highest BCUT2D eigenvalue weighted by atomic mass is 14.8. The molecule has 1 nitrogen and oxygen atoms in total. The lowest BCUT2D eigenvalue weighted by Gasteiger charge is -2.09. The molecule has 1 atom stereocenters. The second-order valence-corrected chi connectivity index (χ2v) is 2.02. The molecule has 0 saturated carbocycles. The van der Waals surface area contributed by atoms with Gasteiger partial charge in [-0.05, 0) is 19.4 Å². The van der Waals surface area contributed by atoms with Crippen molar-refractivity contribution in [3.05, 3.63) is 0 Å². The second kappa shape index (κ2) is 5.17. The zero-order chi connectivity index (χ0) is 6.41. The maximum absolute atomic E-state index is 3.20. The van der Waals surface area contributed by atoms with E-state index < -0.39 is 0 Å². The largest absolute Gasteiger partial charge is 0.325 e. The van der Waals surface area contributed by atoms with Gasteiger partial charge in [-0.2, -0.15) is 0 Å². The average molecular weight is 112 g/mol. The van der Waals surface area contributed by atoms with Gasteiger partial charge in [-0.3, -0.25) is 0 Å². The molecule has 0 heterocycles. The predicted molar refractivity (Wildman–Crippen MR) is 39.4 cm³/mol. The first-order valence-corrected chi connectivity index (χ1v) is 3.31. The van der Waals surface area contributed by atoms with Gasteiger partial charge in [0.15, 0.2) is 0 Å². The van der Waals surface area contributed by atoms with Gasteiger partial charge >= 0.3 is 0 Å². The van der Waals surface area contributed by atoms with E-state index in [4.69, 9.17) is 0 Å². The first kappa shape index (κ1) is 8.02. The van der Waals surface area contributed by atoms with Crippen molar-refractivity contribution in [3.8, 4) is 0 Å². The molecule has 1 radical (unpaired) electrons. The number of rotatable bonds is 4. The summed E-state index contributed by atoms with van der Waals surface area (Å²) in [6.07, 6.45) is 2.52. The van der Waals surface area contributed by atoms with E-state index in [-0.39, 0.29) is 0 Å². The van der Waals surface area contributed by atoms with E-state index in [1.807, 2.05) is 7.05 Å². The fraction of sp³-hybridized carbons (Fsp3) is 1.00. The van der Waals surface area contributed by atoms with Gasteiger partial charge in [-0.25, -0.2) is 0 Å². The Labute approximate surface area is 53.1 Å². The van der Waals surface area contributed by atoms with Crippen LogP contribution in [-0.2, 0) is 0 Å². The molecule has 0 rings (SSSR count). The van der Waals surface area contributed by atoms with Crippen molar-refractivity contribution in [1.82, 2.24) is 5.32 Å². The van der Waals surface area contributed by atoms with Crippen LogP contribution in [0.2, 0.25) is 6.82 Å². The van der Waals surface area contributed by atoms with Crippen LogP contribution >= 0.6 is 0 Å². The van der Waals surface area contributed by atoms with Crippen molar-refractivity contribution in [3.63, 3.8) is 0 Å². The maximum atomic E-state index is 3.20. The van der Waals surface area contributed by atoms with Gasteiger partial charge in [0.2, 0.25) is 0 Å². The Bertz CT molecular complexity index is 43.8. The van der Waals surface area contributed by atoms with Crippen LogP contribution in [0.15, 0.2) is 0 Å². The summed E-state index contributed by atoms with van der Waals surface area (Å²) in [4.78, 5) is 0. The molecule has 1 N–H and O–H groups in total. The van der Waals surface area contributed by atoms with Crippen LogP contribution in [0, 0.1) is 0 Å². The molecule has 0 aromatic rings. The maximum Gasteiger partial charge on any atom is 0.129 e. The molecule has 0 amide bonds. The average Bonchev–Trinajstić information content (AvgIpc) is 1.83. The summed E-state index contributed by atoms with van der Waals surface area (Å²) < 4.78 is 0. The van der Waals surface area contributed by atoms with Crippen molar-refractivity contribution in [2.24, 2.45) is 0 Å². The highest BCUT2D eigenvalue weighted by Crippen LogP contribution is 1.92. The highest BCUT2D eigenvalue weighted by Gasteiger charge is 1.99. The van der Waals surface area contributed by atoms with Crippen LogP contribution in [0.4, 0.5) is 0 Å². The van der Waals surface area contributed by atoms with E-state index in [0.29, 0.717) is 5.94 Å². The molecule has 0 aliphatic rings. The molecule has 1 unspecified atom stereocenters. The minimum Gasteiger partial charge on any atom is -0.325 e. The smallest absolute Gasteiger partial charge is 0.129 e. The van der Waals surface area contributed by atoms with Crippen LogP contribution in [0.1, 0.15) is 19.8 Å². The summed E-state index contributed by atoms with van der Waals surface area (Å²) in [7, 11) is 4.20. The molecule has 0 aromatic heterocycles. The minimum absolute atomic E-state index is 0.625. The third kappa shape index (κ3) is 3.08. The van der Waals surface area contributed by atoms with Gasteiger partial charge in [-0.1, -0.05) is 20.2 Å². The Hall–Kier alpha value is 0.0249. The fourth-order valence-corrected chi connectivity index (χ4v) is 0.789. The molecule has 0 spiro atoms. The van der Waals surface area contributed by atoms with Crippen molar-refractivity contribution >= 4 is 7.28 Å². The summed E-state index contributed by atoms with van der Waals surface area (Å²) in [5.41, 5.74) is 0. The lowest BCUT2D eigenvalue weighted by atomic mass is 9.71. The Balaban J connectivity index is 3.07. The fourth-order valence-electron chi connectivity index (χ4n) is 0.789. The first-order valence-electron chi connectivity index (χ1n) is 3.31. The van der Waals surface area contributed by atoms with E-state index in [2.05, 4.69) is 26.3 Å². The second-order valence-electron chi connectivity index (χ2n) is 2.02. The summed E-state index contributed by atoms with van der Waals surface area (Å²) in [5.74, 6) is 0.625. The molecular weight excluding hydrogens is 96.9 g/mol. The summed E-state index contributed by atoms with van der Waals surface area (Å²) in [6.45, 7) is 4.30. The number of nitrogens with one attached hydrogen (secondary N) is 1. The Morgan fingerprint density at radius 2 is 2.25 bits per heavy atom. The highest BCUT2D eigenvalue weighted by molar-refractivity contribution is 6.35. The van der Waals surface area contributed by atoms with Crippen LogP contribution in [-0.4, -0.2) is 20.3 Å². The van der Waals surface area contributed by atoms with Crippen LogP contribution in [0.5, 0.6) is 0 Å². The van der Waals surface area contributed by atoms with E-state index in [0.717, 1.165) is 0 Å². The first-order chi connectivity index (χ1) is 3.85. The van der Waals surface area contributed by atoms with E-state index >= 15 is 0 Å². The molecule has 0 aliphatic carbocycles. The topological polar surface area (TPSA) is 12.0 Å². The monoisotopic (exact) mass is 112 g/mol. The van der Waals surface area contributed by atoms with Crippen LogP contribution < -0.4 is 5.32 Å². The number of hydrogen-bond donors (Lipinski definition) is 1. The minimum atomic E-state index is 0.625. The predicted octanol–water partition coefficient (Wildman–Crippen LogP) is 1.08. The Morgan fingerprint density at radius 3 is 2.38 bits per heavy atom. The third-order valence-corrected chi connectivity index (χ3v) is 1.37. The number of hydrogen-bond acceptors (Lipinski definition) is 1. The summed E-state index contributed by atoms with van der Waals surface area (Å²) in [6, 6.07) is 0. The SMILES string of the molecule is C[B]C(CCC)NC. The normalized spacial score (nSPS) is 13.4. The van der Waals surface area contributed by atoms with Gasteiger partial charge in [0.25, 0.3) is 0 Å². The lowest BCUT2D eigenvalue weighted by Crippen LogP contribution is -2.29. The zero-order valence-corrected chi connectivity index (χ0v) is 6.07. The summed E-state index contributed by atoms with van der Waals surface area (Å²) in [5, 5.41) is 3.20. The molecule has 0 bridgehead atoms. The van der Waals surface area contributed by atoms with E-state index in [1.165, 1.54) is 12.8 Å². The van der Waals surface area contributed by atoms with Crippen molar-refractivity contribution < 1.29 is 0 Å². The molecule has 0 aliphatic heterocycles. The lowest BCUT2D eigenvalue weighted by molar-refractivity contribution is 0.649. The quantitative estimate of drug-likeness (QED) is 0.536. The Morgan fingerprint density at radius 1 is 1.62 bits per heavy atom. The Kier molecular flexibility index (Phi) is 5.18. The van der Waals surface area contributed by atoms with Crippen LogP contribution in [0.3, 0.4) is 0 Å². The van der Waals surface area contributed by atoms with Gasteiger partial charge in [0.1, 0.15) is 7.28 Å². The van der Waals surface area contributed by atoms with Gasteiger partial charge in [-0.15, -0.1) is 0 Å². The molecule has 8 heavy (non-hydrogen) atoms.